The lowest BCUT2D eigenvalue weighted by Gasteiger charge is -2.13. The molecule has 3 N–H and O–H groups in total. The monoisotopic (exact) mass is 301 g/mol. The fraction of sp³-hybridized carbons (Fsp3) is 0.167. The van der Waals surface area contributed by atoms with Crippen molar-refractivity contribution in [3.05, 3.63) is 47.3 Å². The molecule has 0 saturated carbocycles. The van der Waals surface area contributed by atoms with Crippen LogP contribution in [0.5, 0.6) is 0 Å². The molecule has 0 spiro atoms. The molecule has 0 fully saturated rings. The minimum absolute atomic E-state index is 0.115. The van der Waals surface area contributed by atoms with Crippen molar-refractivity contribution in [1.29, 1.82) is 0 Å². The molecule has 4 nitrogen and oxygen atoms in total. The summed E-state index contributed by atoms with van der Waals surface area (Å²) in [6.07, 6.45) is -2.97. The Morgan fingerprint density at radius 3 is 2.65 bits per heavy atom. The predicted octanol–water partition coefficient (Wildman–Crippen LogP) is 2.94. The lowest BCUT2D eigenvalue weighted by Crippen LogP contribution is -2.15. The number of nitrogens with one attached hydrogen (secondary N) is 1. The minimum Gasteiger partial charge on any atom is -0.389 e. The number of anilines is 1. The van der Waals surface area contributed by atoms with Gasteiger partial charge in [-0.25, -0.2) is 0 Å². The molecule has 0 aliphatic heterocycles. The molecule has 0 amide bonds. The standard InChI is InChI=1S/C12H10F3N3OS/c13-12(14,15)7-1-2-10(9(5-7)11(16)20)17-6-8-3-4-18-19-8/h1-5,17H,6H2,(H2,16,20). The third-order valence-corrected chi connectivity index (χ3v) is 2.78. The van der Waals surface area contributed by atoms with Crippen LogP contribution in [0.15, 0.2) is 35.0 Å². The first kappa shape index (κ1) is 14.3. The number of rotatable bonds is 4. The van der Waals surface area contributed by atoms with E-state index < -0.39 is 11.7 Å². The SMILES string of the molecule is NC(=S)c1cc(C(F)(F)F)ccc1NCc1ccno1. The second kappa shape index (κ2) is 5.49. The van der Waals surface area contributed by atoms with Crippen LogP contribution in [0.25, 0.3) is 0 Å². The summed E-state index contributed by atoms with van der Waals surface area (Å²) >= 11 is 4.78. The maximum atomic E-state index is 12.6. The maximum Gasteiger partial charge on any atom is 0.416 e. The zero-order valence-electron chi connectivity index (χ0n) is 10.1. The van der Waals surface area contributed by atoms with E-state index in [0.29, 0.717) is 11.4 Å². The highest BCUT2D eigenvalue weighted by molar-refractivity contribution is 7.80. The smallest absolute Gasteiger partial charge is 0.389 e. The Morgan fingerprint density at radius 1 is 1.35 bits per heavy atom. The highest BCUT2D eigenvalue weighted by atomic mass is 32.1. The molecule has 0 aliphatic carbocycles. The van der Waals surface area contributed by atoms with E-state index >= 15 is 0 Å². The molecular weight excluding hydrogens is 291 g/mol. The number of nitrogens with zero attached hydrogens (tertiary/aromatic N) is 1. The summed E-state index contributed by atoms with van der Waals surface area (Å²) in [5.74, 6) is 0.541. The van der Waals surface area contributed by atoms with Crippen LogP contribution in [0.4, 0.5) is 18.9 Å². The van der Waals surface area contributed by atoms with Crippen molar-refractivity contribution < 1.29 is 17.7 Å². The highest BCUT2D eigenvalue weighted by Gasteiger charge is 2.31. The van der Waals surface area contributed by atoms with Gasteiger partial charge in [-0.15, -0.1) is 0 Å². The van der Waals surface area contributed by atoms with Gasteiger partial charge in [-0.1, -0.05) is 17.4 Å². The van der Waals surface area contributed by atoms with Gasteiger partial charge < -0.3 is 15.6 Å². The largest absolute Gasteiger partial charge is 0.416 e. The predicted molar refractivity (Wildman–Crippen MR) is 71.2 cm³/mol. The van der Waals surface area contributed by atoms with Crippen LogP contribution >= 0.6 is 12.2 Å². The van der Waals surface area contributed by atoms with Crippen molar-refractivity contribution in [2.45, 2.75) is 12.7 Å². The van der Waals surface area contributed by atoms with Gasteiger partial charge in [0.25, 0.3) is 0 Å². The van der Waals surface area contributed by atoms with Gasteiger partial charge in [0, 0.05) is 17.3 Å². The number of nitrogens with two attached hydrogens (primary N) is 1. The summed E-state index contributed by atoms with van der Waals surface area (Å²) in [5.41, 5.74) is 5.20. The Morgan fingerprint density at radius 2 is 2.10 bits per heavy atom. The zero-order chi connectivity index (χ0) is 14.8. The first-order valence-corrected chi connectivity index (χ1v) is 5.93. The lowest BCUT2D eigenvalue weighted by molar-refractivity contribution is -0.137. The van der Waals surface area contributed by atoms with Crippen LogP contribution in [-0.2, 0) is 12.7 Å². The topological polar surface area (TPSA) is 64.1 Å². The molecule has 1 aromatic carbocycles. The van der Waals surface area contributed by atoms with Gasteiger partial charge in [0.15, 0.2) is 5.76 Å². The molecule has 1 aromatic heterocycles. The van der Waals surface area contributed by atoms with Crippen LogP contribution in [0.2, 0.25) is 0 Å². The average molecular weight is 301 g/mol. The molecule has 0 atom stereocenters. The van der Waals surface area contributed by atoms with E-state index in [-0.39, 0.29) is 17.1 Å². The van der Waals surface area contributed by atoms with Crippen molar-refractivity contribution in [3.63, 3.8) is 0 Å². The van der Waals surface area contributed by atoms with Gasteiger partial charge in [0.2, 0.25) is 0 Å². The minimum atomic E-state index is -4.44. The number of thiocarbonyl (C=S) groups is 1. The number of aromatic nitrogens is 1. The fourth-order valence-electron chi connectivity index (χ4n) is 1.59. The molecule has 0 aliphatic rings. The van der Waals surface area contributed by atoms with Crippen molar-refractivity contribution in [2.24, 2.45) is 5.73 Å². The number of benzene rings is 1. The highest BCUT2D eigenvalue weighted by Crippen LogP contribution is 2.32. The Bertz CT molecular complexity index is 611. The molecule has 0 radical (unpaired) electrons. The number of alkyl halides is 3. The quantitative estimate of drug-likeness (QED) is 0.850. The Hall–Kier alpha value is -2.09. The van der Waals surface area contributed by atoms with Gasteiger partial charge in [0.1, 0.15) is 4.99 Å². The molecule has 8 heteroatoms. The summed E-state index contributed by atoms with van der Waals surface area (Å²) in [5, 5.41) is 6.43. The molecule has 20 heavy (non-hydrogen) atoms. The van der Waals surface area contributed by atoms with E-state index in [0.717, 1.165) is 12.1 Å². The van der Waals surface area contributed by atoms with Crippen LogP contribution < -0.4 is 11.1 Å². The third-order valence-electron chi connectivity index (χ3n) is 2.56. The van der Waals surface area contributed by atoms with E-state index in [9.17, 15) is 13.2 Å². The lowest BCUT2D eigenvalue weighted by atomic mass is 10.1. The molecule has 2 rings (SSSR count). The van der Waals surface area contributed by atoms with Crippen LogP contribution in [0.1, 0.15) is 16.9 Å². The average Bonchev–Trinajstić information content (AvgIpc) is 2.88. The Balaban J connectivity index is 2.26. The fourth-order valence-corrected chi connectivity index (χ4v) is 1.76. The summed E-state index contributed by atoms with van der Waals surface area (Å²) in [4.78, 5) is -0.115. The first-order valence-electron chi connectivity index (χ1n) is 5.52. The van der Waals surface area contributed by atoms with E-state index in [1.807, 2.05) is 0 Å². The Labute approximate surface area is 117 Å². The van der Waals surface area contributed by atoms with Gasteiger partial charge in [0.05, 0.1) is 18.3 Å². The molecule has 106 valence electrons. The third kappa shape index (κ3) is 3.27. The van der Waals surface area contributed by atoms with Crippen molar-refractivity contribution in [3.8, 4) is 0 Å². The van der Waals surface area contributed by atoms with Crippen molar-refractivity contribution in [2.75, 3.05) is 5.32 Å². The zero-order valence-corrected chi connectivity index (χ0v) is 10.9. The van der Waals surface area contributed by atoms with Crippen molar-refractivity contribution >= 4 is 22.9 Å². The molecular formula is C12H10F3N3OS. The summed E-state index contributed by atoms with van der Waals surface area (Å²) in [6.45, 7) is 0.265. The normalized spacial score (nSPS) is 11.3. The van der Waals surface area contributed by atoms with Gasteiger partial charge in [-0.05, 0) is 18.2 Å². The van der Waals surface area contributed by atoms with Gasteiger partial charge in [-0.2, -0.15) is 13.2 Å². The number of hydrogen-bond acceptors (Lipinski definition) is 4. The van der Waals surface area contributed by atoms with E-state index in [1.165, 1.54) is 12.3 Å². The first-order chi connectivity index (χ1) is 9.38. The molecule has 0 bridgehead atoms. The Kier molecular flexibility index (Phi) is 3.93. The molecule has 0 unspecified atom stereocenters. The maximum absolute atomic E-state index is 12.6. The van der Waals surface area contributed by atoms with Gasteiger partial charge in [-0.3, -0.25) is 0 Å². The van der Waals surface area contributed by atoms with Crippen molar-refractivity contribution in [1.82, 2.24) is 5.16 Å². The molecule has 0 saturated heterocycles. The molecule has 1 heterocycles. The summed E-state index contributed by atoms with van der Waals surface area (Å²) in [7, 11) is 0. The summed E-state index contributed by atoms with van der Waals surface area (Å²) in [6, 6.07) is 4.81. The molecule has 2 aromatic rings. The number of hydrogen-bond donors (Lipinski definition) is 2. The van der Waals surface area contributed by atoms with Crippen LogP contribution in [0, 0.1) is 0 Å². The summed E-state index contributed by atoms with van der Waals surface area (Å²) < 4.78 is 42.8. The van der Waals surface area contributed by atoms with Crippen LogP contribution in [-0.4, -0.2) is 10.1 Å². The van der Waals surface area contributed by atoms with E-state index in [1.54, 1.807) is 6.07 Å². The van der Waals surface area contributed by atoms with E-state index in [2.05, 4.69) is 10.5 Å². The number of halogens is 3. The second-order valence-corrected chi connectivity index (χ2v) is 4.39. The second-order valence-electron chi connectivity index (χ2n) is 3.95. The van der Waals surface area contributed by atoms with E-state index in [4.69, 9.17) is 22.5 Å². The van der Waals surface area contributed by atoms with Gasteiger partial charge >= 0.3 is 6.18 Å². The van der Waals surface area contributed by atoms with Crippen LogP contribution in [0.3, 0.4) is 0 Å².